The molecule has 0 bridgehead atoms. The van der Waals surface area contributed by atoms with Gasteiger partial charge in [0.1, 0.15) is 11.5 Å². The molecule has 20 aromatic rings. The molecule has 0 radical (unpaired) electrons. The van der Waals surface area contributed by atoms with E-state index in [2.05, 4.69) is 503 Å². The van der Waals surface area contributed by atoms with E-state index in [1.165, 1.54) is 96.7 Å². The zero-order valence-electron chi connectivity index (χ0n) is 69.4. The Bertz CT molecular complexity index is 7170. The van der Waals surface area contributed by atoms with Crippen LogP contribution in [-0.2, 0) is 5.41 Å². The van der Waals surface area contributed by atoms with Crippen molar-refractivity contribution >= 4 is 120 Å². The molecule has 0 amide bonds. The first kappa shape index (κ1) is 75.3. The number of hydrogen-bond acceptors (Lipinski definition) is 2. The molecule has 0 fully saturated rings. The van der Waals surface area contributed by atoms with Gasteiger partial charge in [0.2, 0.25) is 0 Å². The summed E-state index contributed by atoms with van der Waals surface area (Å²) in [6.45, 7) is 6.82. The summed E-state index contributed by atoms with van der Waals surface area (Å²) in [5, 5.41) is 12.7. The zero-order chi connectivity index (χ0) is 82.9. The maximum absolute atomic E-state index is 7.87. The van der Waals surface area contributed by atoms with Crippen molar-refractivity contribution < 1.29 is 4.74 Å². The highest BCUT2D eigenvalue weighted by atomic mass is 28.3. The first-order valence-electron chi connectivity index (χ1n) is 43.2. The van der Waals surface area contributed by atoms with Crippen LogP contribution in [-0.4, -0.2) is 27.4 Å². The predicted octanol–water partition coefficient (Wildman–Crippen LogP) is 22.9. The molecule has 0 saturated carbocycles. The second kappa shape index (κ2) is 31.3. The van der Waals surface area contributed by atoms with Crippen LogP contribution < -0.4 is 67.5 Å². The average molecular weight is 1620 g/mol. The van der Waals surface area contributed by atoms with Gasteiger partial charge < -0.3 is 14.2 Å². The molecular formula is C118H87BN2OSi2. The molecule has 0 spiro atoms. The third-order valence-electron chi connectivity index (χ3n) is 26.0. The molecule has 19 aromatic carbocycles. The summed E-state index contributed by atoms with van der Waals surface area (Å²) < 4.78 is 10.3. The van der Waals surface area contributed by atoms with Crippen molar-refractivity contribution in [1.82, 2.24) is 4.57 Å². The summed E-state index contributed by atoms with van der Waals surface area (Å²) in [5.41, 5.74) is 27.1. The van der Waals surface area contributed by atoms with Crippen molar-refractivity contribution in [2.24, 2.45) is 0 Å². The molecule has 2 aliphatic heterocycles. The summed E-state index contributed by atoms with van der Waals surface area (Å²) in [6.07, 6.45) is 0. The van der Waals surface area contributed by atoms with Crippen LogP contribution in [0.4, 0.5) is 17.1 Å². The van der Waals surface area contributed by atoms with E-state index >= 15 is 0 Å². The lowest BCUT2D eigenvalue weighted by Gasteiger charge is -2.41. The highest BCUT2D eigenvalue weighted by Gasteiger charge is 2.49. The van der Waals surface area contributed by atoms with Gasteiger partial charge in [-0.2, -0.15) is 0 Å². The molecule has 124 heavy (non-hydrogen) atoms. The van der Waals surface area contributed by atoms with Crippen molar-refractivity contribution in [2.75, 3.05) is 4.90 Å². The van der Waals surface area contributed by atoms with Crippen molar-refractivity contribution in [3.05, 3.63) is 479 Å². The molecular weight excluding hydrogens is 1530 g/mol. The smallest absolute Gasteiger partial charge is 0.256 e. The van der Waals surface area contributed by atoms with Gasteiger partial charge in [0.05, 0.1) is 16.7 Å². The summed E-state index contributed by atoms with van der Waals surface area (Å²) >= 11 is 0. The zero-order valence-corrected chi connectivity index (χ0v) is 71.4. The third kappa shape index (κ3) is 13.1. The lowest BCUT2D eigenvalue weighted by molar-refractivity contribution is 0.487. The summed E-state index contributed by atoms with van der Waals surface area (Å²) in [5.74, 6) is 1.65. The van der Waals surface area contributed by atoms with E-state index in [-0.39, 0.29) is 12.1 Å². The molecule has 0 aliphatic carbocycles. The fraction of sp³-hybridized carbons (Fsp3) is 0.0339. The van der Waals surface area contributed by atoms with Crippen LogP contribution in [0.2, 0.25) is 0 Å². The van der Waals surface area contributed by atoms with Gasteiger partial charge in [0.15, 0.2) is 16.1 Å². The summed E-state index contributed by atoms with van der Waals surface area (Å²) in [4.78, 5) is 2.54. The maximum Gasteiger partial charge on any atom is 0.256 e. The Balaban J connectivity index is 0.863. The van der Waals surface area contributed by atoms with Crippen molar-refractivity contribution in [2.45, 2.75) is 26.2 Å². The SMILES string of the molecule is CC(C)(C)c1cccc([Si](c2ccccc2)(c2cc(-c3ccccc3)cc(-c3ccccc3)c2)c2cc(-c3ccc4c(c3)B3c5ccccc5N(c5cc(-c6ccccc6)cc(-c6ccccc6)c5)c5cc(-n6c7ccccc7c7ccccc76)cc(c53)O4)cc([Si](c3ccccc3)(c3cccc(-c4ccccc4)c3)c3cccc(-c4ccccc4)c3)c2)c1. The second-order valence-electron chi connectivity index (χ2n) is 34.2. The van der Waals surface area contributed by atoms with Gasteiger partial charge in [-0.05, 0) is 201 Å². The number of rotatable bonds is 17. The van der Waals surface area contributed by atoms with Crippen molar-refractivity contribution in [3.63, 3.8) is 0 Å². The first-order chi connectivity index (χ1) is 61.1. The number of ether oxygens (including phenoxy) is 1. The molecule has 1 unspecified atom stereocenters. The van der Waals surface area contributed by atoms with Gasteiger partial charge in [-0.15, -0.1) is 0 Å². The van der Waals surface area contributed by atoms with E-state index in [0.717, 1.165) is 101 Å². The van der Waals surface area contributed by atoms with Gasteiger partial charge in [-0.25, -0.2) is 0 Å². The van der Waals surface area contributed by atoms with Gasteiger partial charge >= 0.3 is 0 Å². The number of anilines is 3. The van der Waals surface area contributed by atoms with Crippen LogP contribution in [0.25, 0.3) is 105 Å². The standard InChI is InChI=1S/C118H87BN2OSi2/c1-118(2,3)96-51-36-58-103(78-96)124(100-54-26-11-27-55-100,104-73-93(86-45-20-8-21-46-86)68-94(74-104)87-47-22-9-23-48-87)106-76-95(75-105(81-106)123(99-52-24-10-25-53-99,101-56-34-49-88(71-101)82-37-12-4-13-38-82)102-57-35-50-89(72-102)83-39-14-5-15-40-83)90-65-66-115-110(77-90)119-109-61-30-33-64-113(109)121(97-69-91(84-41-16-6-17-42-84)67-92(70-97)85-43-18-7-19-44-85)114-79-98(80-116(122-115)117(114)119)120-111-62-31-28-59-107(111)108-60-29-32-63-112(108)120/h4-81H,1-3H3. The molecule has 6 heteroatoms. The normalized spacial score (nSPS) is 12.7. The molecule has 3 heterocycles. The minimum Gasteiger partial charge on any atom is -0.458 e. The van der Waals surface area contributed by atoms with Crippen molar-refractivity contribution in [1.29, 1.82) is 0 Å². The van der Waals surface area contributed by atoms with E-state index in [1.807, 2.05) is 0 Å². The molecule has 0 saturated heterocycles. The molecule has 1 aromatic heterocycles. The number of hydrogen-bond donors (Lipinski definition) is 0. The van der Waals surface area contributed by atoms with Crippen LogP contribution in [0.5, 0.6) is 11.5 Å². The van der Waals surface area contributed by atoms with E-state index in [4.69, 9.17) is 4.74 Å². The van der Waals surface area contributed by atoms with Crippen LogP contribution >= 0.6 is 0 Å². The van der Waals surface area contributed by atoms with Gasteiger partial charge in [-0.1, -0.05) is 433 Å². The molecule has 0 N–H and O–H groups in total. The van der Waals surface area contributed by atoms with E-state index in [9.17, 15) is 0 Å². The fourth-order valence-corrected chi connectivity index (χ4v) is 30.1. The van der Waals surface area contributed by atoms with Crippen LogP contribution in [0.3, 0.4) is 0 Å². The summed E-state index contributed by atoms with van der Waals surface area (Å²) in [6, 6.07) is 180. The largest absolute Gasteiger partial charge is 0.458 e. The Morgan fingerprint density at radius 1 is 0.226 bits per heavy atom. The highest BCUT2D eigenvalue weighted by molar-refractivity contribution is 7.22. The average Bonchev–Trinajstić information content (AvgIpc) is 1.10. The van der Waals surface area contributed by atoms with E-state index < -0.39 is 16.1 Å². The Kier molecular flexibility index (Phi) is 19.0. The molecule has 3 nitrogen and oxygen atoms in total. The maximum atomic E-state index is 7.87. The highest BCUT2D eigenvalue weighted by Crippen LogP contribution is 2.47. The second-order valence-corrected chi connectivity index (χ2v) is 41.8. The number of benzene rings is 19. The lowest BCUT2D eigenvalue weighted by Crippen LogP contribution is -2.78. The third-order valence-corrected chi connectivity index (χ3v) is 35.4. The van der Waals surface area contributed by atoms with E-state index in [0.29, 0.717) is 0 Å². The minimum absolute atomic E-state index is 0.202. The Morgan fingerprint density at radius 3 is 1.06 bits per heavy atom. The molecule has 22 rings (SSSR count). The topological polar surface area (TPSA) is 17.4 Å². The van der Waals surface area contributed by atoms with Crippen LogP contribution in [0.15, 0.2) is 473 Å². The first-order valence-corrected chi connectivity index (χ1v) is 47.2. The molecule has 586 valence electrons. The fourth-order valence-electron chi connectivity index (χ4n) is 20.2. The quantitative estimate of drug-likeness (QED) is 0.0668. The van der Waals surface area contributed by atoms with Gasteiger partial charge in [-0.3, -0.25) is 0 Å². The predicted molar refractivity (Wildman–Crippen MR) is 531 cm³/mol. The summed E-state index contributed by atoms with van der Waals surface area (Å²) in [7, 11) is -7.43. The number of para-hydroxylation sites is 3. The van der Waals surface area contributed by atoms with E-state index in [1.54, 1.807) is 0 Å². The Labute approximate surface area is 728 Å². The van der Waals surface area contributed by atoms with Gasteiger partial charge in [0.25, 0.3) is 6.71 Å². The van der Waals surface area contributed by atoms with Crippen LogP contribution in [0.1, 0.15) is 26.3 Å². The molecule has 1 atom stereocenters. The van der Waals surface area contributed by atoms with Gasteiger partial charge in [0, 0.05) is 33.9 Å². The van der Waals surface area contributed by atoms with Crippen LogP contribution in [0, 0.1) is 0 Å². The number of fused-ring (bicyclic) bond motifs is 7. The molecule has 2 aliphatic rings. The monoisotopic (exact) mass is 1610 g/mol. The Morgan fingerprint density at radius 2 is 0.581 bits per heavy atom. The van der Waals surface area contributed by atoms with Crippen molar-refractivity contribution in [3.8, 4) is 95.1 Å². The minimum atomic E-state index is -3.75. The lowest BCUT2D eigenvalue weighted by atomic mass is 9.34. The Hall–Kier alpha value is -14.9. The number of nitrogens with zero attached hydrogens (tertiary/aromatic N) is 2. The number of aromatic nitrogens is 1.